The quantitative estimate of drug-likeness (QED) is 0.836. The van der Waals surface area contributed by atoms with Crippen LogP contribution in [-0.4, -0.2) is 17.9 Å². The molecule has 0 unspecified atom stereocenters. The molecular formula is C17H17BrN2O3. The Labute approximate surface area is 143 Å². The number of ether oxygens (including phenoxy) is 1. The van der Waals surface area contributed by atoms with E-state index in [4.69, 9.17) is 10.5 Å². The van der Waals surface area contributed by atoms with Crippen LogP contribution in [0.25, 0.3) is 0 Å². The van der Waals surface area contributed by atoms with Crippen molar-refractivity contribution >= 4 is 33.4 Å². The Morgan fingerprint density at radius 2 is 1.83 bits per heavy atom. The summed E-state index contributed by atoms with van der Waals surface area (Å²) < 4.78 is 6.42. The molecule has 0 aromatic heterocycles. The molecule has 2 aromatic rings. The molecule has 6 heteroatoms. The lowest BCUT2D eigenvalue weighted by Gasteiger charge is -2.15. The highest BCUT2D eigenvalue weighted by atomic mass is 79.9. The number of anilines is 1. The summed E-state index contributed by atoms with van der Waals surface area (Å²) in [5, 5.41) is 2.71. The number of primary amides is 1. The third-order valence-corrected chi connectivity index (χ3v) is 3.48. The molecule has 0 radical (unpaired) electrons. The molecule has 0 saturated heterocycles. The Bertz CT molecular complexity index is 744. The van der Waals surface area contributed by atoms with Crippen LogP contribution in [0.2, 0.25) is 0 Å². The highest BCUT2D eigenvalue weighted by Gasteiger charge is 2.17. The third-order valence-electron chi connectivity index (χ3n) is 2.99. The van der Waals surface area contributed by atoms with Crippen LogP contribution < -0.4 is 15.8 Å². The Balaban J connectivity index is 2.35. The second kappa shape index (κ2) is 7.28. The fourth-order valence-electron chi connectivity index (χ4n) is 2.03. The van der Waals surface area contributed by atoms with Crippen molar-refractivity contribution in [2.75, 3.05) is 5.32 Å². The van der Waals surface area contributed by atoms with Crippen molar-refractivity contribution in [3.05, 3.63) is 58.1 Å². The number of nitrogens with one attached hydrogen (secondary N) is 1. The monoisotopic (exact) mass is 376 g/mol. The molecule has 120 valence electrons. The molecule has 2 aromatic carbocycles. The fraction of sp³-hybridized carbons (Fsp3) is 0.176. The lowest BCUT2D eigenvalue weighted by atomic mass is 10.1. The predicted octanol–water partition coefficient (Wildman–Crippen LogP) is 3.59. The number of hydrogen-bond acceptors (Lipinski definition) is 3. The Kier molecular flexibility index (Phi) is 5.39. The number of benzene rings is 2. The third kappa shape index (κ3) is 4.32. The van der Waals surface area contributed by atoms with E-state index >= 15 is 0 Å². The van der Waals surface area contributed by atoms with E-state index in [1.807, 2.05) is 13.8 Å². The van der Waals surface area contributed by atoms with E-state index in [2.05, 4.69) is 21.2 Å². The van der Waals surface area contributed by atoms with Gasteiger partial charge in [-0.15, -0.1) is 0 Å². The molecule has 0 spiro atoms. The molecule has 0 fully saturated rings. The van der Waals surface area contributed by atoms with E-state index in [0.29, 0.717) is 17.0 Å². The van der Waals surface area contributed by atoms with Gasteiger partial charge in [0.25, 0.3) is 11.8 Å². The van der Waals surface area contributed by atoms with Gasteiger partial charge in [0.15, 0.2) is 0 Å². The maximum absolute atomic E-state index is 12.6. The first-order chi connectivity index (χ1) is 10.9. The van der Waals surface area contributed by atoms with E-state index in [-0.39, 0.29) is 17.6 Å². The summed E-state index contributed by atoms with van der Waals surface area (Å²) in [6.45, 7) is 3.76. The zero-order valence-electron chi connectivity index (χ0n) is 12.8. The summed E-state index contributed by atoms with van der Waals surface area (Å²) in [6.07, 6.45) is -0.0689. The number of rotatable bonds is 5. The minimum atomic E-state index is -0.603. The van der Waals surface area contributed by atoms with Gasteiger partial charge >= 0.3 is 0 Å². The lowest BCUT2D eigenvalue weighted by molar-refractivity contribution is 0.100. The van der Waals surface area contributed by atoms with Gasteiger partial charge in [-0.25, -0.2) is 0 Å². The van der Waals surface area contributed by atoms with Gasteiger partial charge in [-0.1, -0.05) is 28.1 Å². The van der Waals surface area contributed by atoms with Crippen molar-refractivity contribution < 1.29 is 14.3 Å². The standard InChI is InChI=1S/C17H17BrN2O3/c1-10(2)23-15-8-7-11(18)9-13(15)17(22)20-14-6-4-3-5-12(14)16(19)21/h3-10H,1-2H3,(H2,19,21)(H,20,22). The van der Waals surface area contributed by atoms with Gasteiger partial charge in [0.1, 0.15) is 5.75 Å². The van der Waals surface area contributed by atoms with Crippen LogP contribution in [0.3, 0.4) is 0 Å². The molecule has 0 atom stereocenters. The average molecular weight is 377 g/mol. The van der Waals surface area contributed by atoms with E-state index in [9.17, 15) is 9.59 Å². The number of nitrogens with two attached hydrogens (primary N) is 1. The molecule has 5 nitrogen and oxygen atoms in total. The number of hydrogen-bond donors (Lipinski definition) is 2. The van der Waals surface area contributed by atoms with Crippen LogP contribution in [0, 0.1) is 0 Å². The first kappa shape index (κ1) is 17.0. The van der Waals surface area contributed by atoms with Gasteiger partial charge in [-0.3, -0.25) is 9.59 Å². The fourth-order valence-corrected chi connectivity index (χ4v) is 2.39. The largest absolute Gasteiger partial charge is 0.490 e. The number of carbonyl (C=O) groups is 2. The second-order valence-corrected chi connectivity index (χ2v) is 6.09. The van der Waals surface area contributed by atoms with Gasteiger partial charge in [0, 0.05) is 4.47 Å². The maximum atomic E-state index is 12.6. The van der Waals surface area contributed by atoms with Crippen molar-refractivity contribution in [1.82, 2.24) is 0 Å². The Morgan fingerprint density at radius 1 is 1.13 bits per heavy atom. The number of halogens is 1. The molecule has 2 amide bonds. The summed E-state index contributed by atoms with van der Waals surface area (Å²) >= 11 is 3.34. The Morgan fingerprint density at radius 3 is 2.48 bits per heavy atom. The molecule has 2 rings (SSSR count). The van der Waals surface area contributed by atoms with Crippen LogP contribution in [0.15, 0.2) is 46.9 Å². The summed E-state index contributed by atoms with van der Waals surface area (Å²) in [4.78, 5) is 24.0. The van der Waals surface area contributed by atoms with Crippen LogP contribution in [0.4, 0.5) is 5.69 Å². The van der Waals surface area contributed by atoms with Crippen molar-refractivity contribution in [2.24, 2.45) is 5.73 Å². The highest BCUT2D eigenvalue weighted by molar-refractivity contribution is 9.10. The Hall–Kier alpha value is -2.34. The average Bonchev–Trinajstić information content (AvgIpc) is 2.49. The number of carbonyl (C=O) groups excluding carboxylic acids is 2. The zero-order valence-corrected chi connectivity index (χ0v) is 14.4. The molecule has 0 saturated carbocycles. The molecular weight excluding hydrogens is 360 g/mol. The predicted molar refractivity (Wildman–Crippen MR) is 92.8 cm³/mol. The van der Waals surface area contributed by atoms with Gasteiger partial charge in [-0.2, -0.15) is 0 Å². The molecule has 0 aliphatic heterocycles. The van der Waals surface area contributed by atoms with E-state index in [0.717, 1.165) is 4.47 Å². The van der Waals surface area contributed by atoms with Crippen molar-refractivity contribution in [2.45, 2.75) is 20.0 Å². The number of para-hydroxylation sites is 1. The van der Waals surface area contributed by atoms with Gasteiger partial charge in [0.2, 0.25) is 0 Å². The van der Waals surface area contributed by atoms with Gasteiger partial charge < -0.3 is 15.8 Å². The highest BCUT2D eigenvalue weighted by Crippen LogP contribution is 2.26. The van der Waals surface area contributed by atoms with Crippen LogP contribution in [-0.2, 0) is 0 Å². The minimum Gasteiger partial charge on any atom is -0.490 e. The van der Waals surface area contributed by atoms with E-state index in [1.165, 1.54) is 0 Å². The normalized spacial score (nSPS) is 10.4. The minimum absolute atomic E-state index is 0.0689. The molecule has 0 bridgehead atoms. The van der Waals surface area contributed by atoms with Gasteiger partial charge in [0.05, 0.1) is 22.9 Å². The second-order valence-electron chi connectivity index (χ2n) is 5.17. The van der Waals surface area contributed by atoms with E-state index < -0.39 is 5.91 Å². The summed E-state index contributed by atoms with van der Waals surface area (Å²) in [5.41, 5.74) is 6.31. The number of amides is 2. The summed E-state index contributed by atoms with van der Waals surface area (Å²) in [6, 6.07) is 11.8. The molecule has 3 N–H and O–H groups in total. The van der Waals surface area contributed by atoms with Crippen LogP contribution in [0.5, 0.6) is 5.75 Å². The molecule has 0 heterocycles. The molecule has 0 aliphatic rings. The van der Waals surface area contributed by atoms with Crippen molar-refractivity contribution in [3.63, 3.8) is 0 Å². The SMILES string of the molecule is CC(C)Oc1ccc(Br)cc1C(=O)Nc1ccccc1C(N)=O. The first-order valence-electron chi connectivity index (χ1n) is 7.05. The maximum Gasteiger partial charge on any atom is 0.259 e. The van der Waals surface area contributed by atoms with Crippen LogP contribution in [0.1, 0.15) is 34.6 Å². The zero-order chi connectivity index (χ0) is 17.0. The van der Waals surface area contributed by atoms with Crippen molar-refractivity contribution in [1.29, 1.82) is 0 Å². The van der Waals surface area contributed by atoms with Crippen molar-refractivity contribution in [3.8, 4) is 5.75 Å². The van der Waals surface area contributed by atoms with Crippen LogP contribution >= 0.6 is 15.9 Å². The smallest absolute Gasteiger partial charge is 0.259 e. The molecule has 23 heavy (non-hydrogen) atoms. The lowest BCUT2D eigenvalue weighted by Crippen LogP contribution is -2.19. The first-order valence-corrected chi connectivity index (χ1v) is 7.84. The summed E-state index contributed by atoms with van der Waals surface area (Å²) in [7, 11) is 0. The topological polar surface area (TPSA) is 81.4 Å². The molecule has 0 aliphatic carbocycles. The summed E-state index contributed by atoms with van der Waals surface area (Å²) in [5.74, 6) is -0.512. The van der Waals surface area contributed by atoms with E-state index in [1.54, 1.807) is 42.5 Å². The van der Waals surface area contributed by atoms with Gasteiger partial charge in [-0.05, 0) is 44.2 Å².